The summed E-state index contributed by atoms with van der Waals surface area (Å²) in [7, 11) is 0. The van der Waals surface area contributed by atoms with Gasteiger partial charge in [-0.3, -0.25) is 9.69 Å². The summed E-state index contributed by atoms with van der Waals surface area (Å²) in [5.41, 5.74) is 1.97. The van der Waals surface area contributed by atoms with Crippen molar-refractivity contribution in [3.8, 4) is 6.07 Å². The fourth-order valence-electron chi connectivity index (χ4n) is 4.21. The number of piperidine rings is 2. The molecule has 0 bridgehead atoms. The van der Waals surface area contributed by atoms with Gasteiger partial charge in [-0.05, 0) is 37.4 Å². The lowest BCUT2D eigenvalue weighted by Gasteiger charge is -2.48. The van der Waals surface area contributed by atoms with E-state index in [9.17, 15) is 15.2 Å². The van der Waals surface area contributed by atoms with Crippen molar-refractivity contribution in [2.24, 2.45) is 5.41 Å². The van der Waals surface area contributed by atoms with Crippen LogP contribution in [0.2, 0.25) is 0 Å². The van der Waals surface area contributed by atoms with E-state index in [1.165, 1.54) is 0 Å². The molecule has 1 N–H and O–H groups in total. The molecule has 0 saturated carbocycles. The van der Waals surface area contributed by atoms with Gasteiger partial charge in [0.25, 0.3) is 0 Å². The van der Waals surface area contributed by atoms with Crippen LogP contribution in [-0.2, 0) is 11.3 Å². The predicted molar refractivity (Wildman–Crippen MR) is 91.0 cm³/mol. The maximum absolute atomic E-state index is 12.0. The van der Waals surface area contributed by atoms with Crippen LogP contribution in [0.4, 0.5) is 0 Å². The van der Waals surface area contributed by atoms with Crippen molar-refractivity contribution >= 4 is 5.91 Å². The number of nitrogens with zero attached hydrogens (tertiary/aromatic N) is 3. The number of aliphatic hydroxyl groups is 1. The molecule has 1 unspecified atom stereocenters. The highest BCUT2D eigenvalue weighted by molar-refractivity contribution is 5.77. The molecule has 1 aromatic rings. The average molecular weight is 327 g/mol. The van der Waals surface area contributed by atoms with E-state index in [0.29, 0.717) is 13.0 Å². The summed E-state index contributed by atoms with van der Waals surface area (Å²) in [6.07, 6.45) is 3.78. The fraction of sp³-hybridized carbons (Fsp3) is 0.579. The molecule has 2 saturated heterocycles. The maximum atomic E-state index is 12.0. The van der Waals surface area contributed by atoms with Gasteiger partial charge in [0.15, 0.2) is 0 Å². The molecule has 5 heteroatoms. The molecule has 24 heavy (non-hydrogen) atoms. The summed E-state index contributed by atoms with van der Waals surface area (Å²) in [4.78, 5) is 16.3. The number of hydrogen-bond donors (Lipinski definition) is 1. The number of amides is 1. The third kappa shape index (κ3) is 3.61. The van der Waals surface area contributed by atoms with Crippen molar-refractivity contribution < 1.29 is 9.90 Å². The van der Waals surface area contributed by atoms with E-state index in [0.717, 1.165) is 56.6 Å². The monoisotopic (exact) mass is 327 g/mol. The topological polar surface area (TPSA) is 67.6 Å². The van der Waals surface area contributed by atoms with Crippen molar-refractivity contribution in [1.29, 1.82) is 5.26 Å². The highest BCUT2D eigenvalue weighted by Crippen LogP contribution is 2.39. The molecule has 5 nitrogen and oxygen atoms in total. The molecular formula is C19H25N3O2. The summed E-state index contributed by atoms with van der Waals surface area (Å²) in [6, 6.07) is 10.1. The van der Waals surface area contributed by atoms with Gasteiger partial charge in [0.2, 0.25) is 5.91 Å². The Bertz CT molecular complexity index is 640. The largest absolute Gasteiger partial charge is 0.395 e. The number of hydrogen-bond acceptors (Lipinski definition) is 4. The highest BCUT2D eigenvalue weighted by atomic mass is 16.3. The fourth-order valence-corrected chi connectivity index (χ4v) is 4.21. The molecule has 0 aromatic heterocycles. The van der Waals surface area contributed by atoms with Crippen molar-refractivity contribution in [3.63, 3.8) is 0 Å². The average Bonchev–Trinajstić information content (AvgIpc) is 2.59. The molecule has 2 heterocycles. The van der Waals surface area contributed by atoms with Crippen molar-refractivity contribution in [2.75, 3.05) is 32.8 Å². The van der Waals surface area contributed by atoms with Gasteiger partial charge in [0.1, 0.15) is 0 Å². The number of likely N-dealkylation sites (tertiary alicyclic amines) is 2. The van der Waals surface area contributed by atoms with Gasteiger partial charge >= 0.3 is 0 Å². The van der Waals surface area contributed by atoms with Crippen LogP contribution >= 0.6 is 0 Å². The molecule has 128 valence electrons. The van der Waals surface area contributed by atoms with Gasteiger partial charge in [-0.15, -0.1) is 0 Å². The van der Waals surface area contributed by atoms with Crippen LogP contribution in [0.3, 0.4) is 0 Å². The Balaban J connectivity index is 1.70. The standard InChI is InChI=1S/C19H25N3O2/c20-12-16-4-1-2-5-17(16)13-21-9-3-7-19(14-21)8-6-18(24)22(15-19)10-11-23/h1-2,4-5,23H,3,6-11,13-15H2. The minimum atomic E-state index is 0.0288. The second kappa shape index (κ2) is 7.33. The maximum Gasteiger partial charge on any atom is 0.222 e. The number of rotatable bonds is 4. The van der Waals surface area contributed by atoms with Crippen molar-refractivity contribution in [3.05, 3.63) is 35.4 Å². The molecule has 1 spiro atoms. The van der Waals surface area contributed by atoms with Gasteiger partial charge in [-0.1, -0.05) is 18.2 Å². The van der Waals surface area contributed by atoms with E-state index in [-0.39, 0.29) is 17.9 Å². The first-order chi connectivity index (χ1) is 11.7. The minimum Gasteiger partial charge on any atom is -0.395 e. The molecule has 1 atom stereocenters. The van der Waals surface area contributed by atoms with Crippen molar-refractivity contribution in [1.82, 2.24) is 9.80 Å². The number of β-amino-alcohol motifs (C(OH)–C–C–N with tert-alkyl or cyclic N) is 1. The van der Waals surface area contributed by atoms with Crippen LogP contribution < -0.4 is 0 Å². The molecular weight excluding hydrogens is 302 g/mol. The Morgan fingerprint density at radius 1 is 1.25 bits per heavy atom. The highest BCUT2D eigenvalue weighted by Gasteiger charge is 2.41. The second-order valence-corrected chi connectivity index (χ2v) is 7.12. The van der Waals surface area contributed by atoms with E-state index in [2.05, 4.69) is 11.0 Å². The number of nitriles is 1. The lowest BCUT2D eigenvalue weighted by molar-refractivity contribution is -0.140. The smallest absolute Gasteiger partial charge is 0.222 e. The Morgan fingerprint density at radius 2 is 2.08 bits per heavy atom. The molecule has 2 fully saturated rings. The normalized spacial score (nSPS) is 25.0. The number of carbonyl (C=O) groups is 1. The Morgan fingerprint density at radius 3 is 2.88 bits per heavy atom. The van der Waals surface area contributed by atoms with Crippen molar-refractivity contribution in [2.45, 2.75) is 32.2 Å². The summed E-state index contributed by atoms with van der Waals surface area (Å²) >= 11 is 0. The van der Waals surface area contributed by atoms with E-state index in [4.69, 9.17) is 0 Å². The quantitative estimate of drug-likeness (QED) is 0.915. The summed E-state index contributed by atoms with van der Waals surface area (Å²) in [5.74, 6) is 0.168. The number of benzene rings is 1. The zero-order valence-corrected chi connectivity index (χ0v) is 14.1. The SMILES string of the molecule is N#Cc1ccccc1CN1CCCC2(CCC(=O)N(CCO)C2)C1. The Kier molecular flexibility index (Phi) is 5.17. The molecule has 2 aliphatic rings. The van der Waals surface area contributed by atoms with Crippen LogP contribution in [0.1, 0.15) is 36.8 Å². The van der Waals surface area contributed by atoms with Crippen LogP contribution in [0.25, 0.3) is 0 Å². The third-order valence-corrected chi connectivity index (χ3v) is 5.39. The first-order valence-electron chi connectivity index (χ1n) is 8.75. The van der Waals surface area contributed by atoms with E-state index < -0.39 is 0 Å². The summed E-state index contributed by atoms with van der Waals surface area (Å²) < 4.78 is 0. The lowest BCUT2D eigenvalue weighted by Crippen LogP contribution is -2.54. The van der Waals surface area contributed by atoms with Crippen LogP contribution in [0, 0.1) is 16.7 Å². The molecule has 1 amide bonds. The van der Waals surface area contributed by atoms with E-state index in [1.54, 1.807) is 0 Å². The van der Waals surface area contributed by atoms with Gasteiger partial charge < -0.3 is 10.0 Å². The van der Waals surface area contributed by atoms with Gasteiger partial charge in [0.05, 0.1) is 18.2 Å². The van der Waals surface area contributed by atoms with Crippen LogP contribution in [-0.4, -0.2) is 53.6 Å². The van der Waals surface area contributed by atoms with Gasteiger partial charge in [0, 0.05) is 38.0 Å². The first kappa shape index (κ1) is 16.9. The first-order valence-corrected chi connectivity index (χ1v) is 8.75. The number of aliphatic hydroxyl groups excluding tert-OH is 1. The zero-order chi connectivity index (χ0) is 17.0. The molecule has 0 aliphatic carbocycles. The summed E-state index contributed by atoms with van der Waals surface area (Å²) in [5, 5.41) is 18.5. The van der Waals surface area contributed by atoms with E-state index >= 15 is 0 Å². The van der Waals surface area contributed by atoms with Gasteiger partial charge in [-0.2, -0.15) is 5.26 Å². The van der Waals surface area contributed by atoms with Crippen LogP contribution in [0.5, 0.6) is 0 Å². The summed E-state index contributed by atoms with van der Waals surface area (Å²) in [6.45, 7) is 4.01. The lowest BCUT2D eigenvalue weighted by atomic mass is 9.73. The van der Waals surface area contributed by atoms with Crippen LogP contribution in [0.15, 0.2) is 24.3 Å². The molecule has 3 rings (SSSR count). The predicted octanol–water partition coefficient (Wildman–Crippen LogP) is 1.76. The Labute approximate surface area is 143 Å². The molecule has 0 radical (unpaired) electrons. The second-order valence-electron chi connectivity index (χ2n) is 7.12. The zero-order valence-electron chi connectivity index (χ0n) is 14.1. The molecule has 1 aromatic carbocycles. The minimum absolute atomic E-state index is 0.0288. The number of carbonyl (C=O) groups excluding carboxylic acids is 1. The third-order valence-electron chi connectivity index (χ3n) is 5.39. The Hall–Kier alpha value is -1.90. The van der Waals surface area contributed by atoms with Gasteiger partial charge in [-0.25, -0.2) is 0 Å². The van der Waals surface area contributed by atoms with E-state index in [1.807, 2.05) is 29.2 Å². The molecule has 2 aliphatic heterocycles.